The third kappa shape index (κ3) is 5.56. The summed E-state index contributed by atoms with van der Waals surface area (Å²) in [6.07, 6.45) is 3.01. The zero-order chi connectivity index (χ0) is 18.2. The van der Waals surface area contributed by atoms with Crippen molar-refractivity contribution in [1.82, 2.24) is 4.90 Å². The summed E-state index contributed by atoms with van der Waals surface area (Å²) in [5, 5.41) is 10.4. The van der Waals surface area contributed by atoms with Crippen LogP contribution in [-0.2, 0) is 17.8 Å². The molecule has 140 valence electrons. The van der Waals surface area contributed by atoms with E-state index in [0.717, 1.165) is 24.3 Å². The number of rotatable bonds is 9. The van der Waals surface area contributed by atoms with Gasteiger partial charge in [0.2, 0.25) is 0 Å². The summed E-state index contributed by atoms with van der Waals surface area (Å²) in [5.41, 5.74) is 2.45. The summed E-state index contributed by atoms with van der Waals surface area (Å²) in [7, 11) is 1.66. The smallest absolute Gasteiger partial charge is 0.118 e. The van der Waals surface area contributed by atoms with Gasteiger partial charge in [0.05, 0.1) is 26.4 Å². The Labute approximate surface area is 156 Å². The molecule has 0 radical (unpaired) electrons. The Hall–Kier alpha value is -1.88. The van der Waals surface area contributed by atoms with Gasteiger partial charge in [0.25, 0.3) is 0 Å². The molecule has 0 spiro atoms. The Morgan fingerprint density at radius 2 is 1.85 bits per heavy atom. The van der Waals surface area contributed by atoms with E-state index in [0.29, 0.717) is 25.8 Å². The van der Waals surface area contributed by atoms with Gasteiger partial charge in [0.1, 0.15) is 5.75 Å². The van der Waals surface area contributed by atoms with E-state index in [-0.39, 0.29) is 0 Å². The second-order valence-electron chi connectivity index (χ2n) is 7.00. The molecule has 2 aromatic rings. The number of hydrogen-bond acceptors (Lipinski definition) is 4. The van der Waals surface area contributed by atoms with E-state index in [1.807, 2.05) is 24.3 Å². The predicted octanol–water partition coefficient (Wildman–Crippen LogP) is 3.28. The van der Waals surface area contributed by atoms with E-state index >= 15 is 0 Å². The second-order valence-corrected chi connectivity index (χ2v) is 7.00. The second kappa shape index (κ2) is 9.72. The predicted molar refractivity (Wildman–Crippen MR) is 103 cm³/mol. The van der Waals surface area contributed by atoms with Crippen LogP contribution < -0.4 is 4.74 Å². The fourth-order valence-corrected chi connectivity index (χ4v) is 3.61. The van der Waals surface area contributed by atoms with Crippen LogP contribution in [0, 0.1) is 0 Å². The molecule has 4 heteroatoms. The number of β-amino-alcohol motifs (C(OH)–C–C–N with tert-alkyl or cyclic N) is 1. The van der Waals surface area contributed by atoms with E-state index < -0.39 is 6.10 Å². The molecular formula is C22H29NO3. The first-order valence-electron chi connectivity index (χ1n) is 9.41. The SMILES string of the molecule is COc1ccc(COC[C@H](O)CN2CCC[C@H]2Cc2ccccc2)cc1. The average Bonchev–Trinajstić information content (AvgIpc) is 3.09. The maximum absolute atomic E-state index is 10.4. The summed E-state index contributed by atoms with van der Waals surface area (Å²) < 4.78 is 10.9. The number of hydrogen-bond donors (Lipinski definition) is 1. The van der Waals surface area contributed by atoms with Crippen molar-refractivity contribution in [3.05, 3.63) is 65.7 Å². The summed E-state index contributed by atoms with van der Waals surface area (Å²) in [6.45, 7) is 2.61. The highest BCUT2D eigenvalue weighted by atomic mass is 16.5. The first kappa shape index (κ1) is 18.9. The molecule has 0 aliphatic carbocycles. The van der Waals surface area contributed by atoms with Gasteiger partial charge in [-0.1, -0.05) is 42.5 Å². The van der Waals surface area contributed by atoms with Crippen LogP contribution in [0.4, 0.5) is 0 Å². The molecule has 0 unspecified atom stereocenters. The van der Waals surface area contributed by atoms with Gasteiger partial charge in [-0.3, -0.25) is 4.90 Å². The van der Waals surface area contributed by atoms with Crippen molar-refractivity contribution >= 4 is 0 Å². The van der Waals surface area contributed by atoms with Crippen molar-refractivity contribution in [2.24, 2.45) is 0 Å². The van der Waals surface area contributed by atoms with Gasteiger partial charge in [-0.15, -0.1) is 0 Å². The molecule has 1 saturated heterocycles. The Morgan fingerprint density at radius 1 is 1.08 bits per heavy atom. The highest BCUT2D eigenvalue weighted by Gasteiger charge is 2.26. The van der Waals surface area contributed by atoms with E-state index in [1.54, 1.807) is 7.11 Å². The van der Waals surface area contributed by atoms with Crippen molar-refractivity contribution < 1.29 is 14.6 Å². The number of aliphatic hydroxyl groups is 1. The average molecular weight is 355 g/mol. The van der Waals surface area contributed by atoms with Crippen molar-refractivity contribution in [2.75, 3.05) is 26.8 Å². The van der Waals surface area contributed by atoms with Gasteiger partial charge in [-0.05, 0) is 49.1 Å². The Morgan fingerprint density at radius 3 is 2.58 bits per heavy atom. The van der Waals surface area contributed by atoms with Gasteiger partial charge in [-0.2, -0.15) is 0 Å². The van der Waals surface area contributed by atoms with Crippen LogP contribution in [0.3, 0.4) is 0 Å². The van der Waals surface area contributed by atoms with E-state index in [2.05, 4.69) is 35.2 Å². The summed E-state index contributed by atoms with van der Waals surface area (Å²) >= 11 is 0. The molecule has 0 bridgehead atoms. The van der Waals surface area contributed by atoms with Crippen LogP contribution in [0.5, 0.6) is 5.75 Å². The molecule has 0 saturated carbocycles. The van der Waals surface area contributed by atoms with E-state index in [4.69, 9.17) is 9.47 Å². The van der Waals surface area contributed by atoms with Crippen LogP contribution in [-0.4, -0.2) is 49.0 Å². The number of aliphatic hydroxyl groups excluding tert-OH is 1. The molecule has 1 fully saturated rings. The molecule has 0 aromatic heterocycles. The topological polar surface area (TPSA) is 41.9 Å². The highest BCUT2D eigenvalue weighted by molar-refractivity contribution is 5.26. The number of methoxy groups -OCH3 is 1. The van der Waals surface area contributed by atoms with Crippen LogP contribution in [0.1, 0.15) is 24.0 Å². The Bertz CT molecular complexity index is 644. The first-order chi connectivity index (χ1) is 12.7. The van der Waals surface area contributed by atoms with Crippen LogP contribution in [0.15, 0.2) is 54.6 Å². The monoisotopic (exact) mass is 355 g/mol. The molecule has 1 N–H and O–H groups in total. The largest absolute Gasteiger partial charge is 0.497 e. The van der Waals surface area contributed by atoms with Crippen molar-refractivity contribution in [3.63, 3.8) is 0 Å². The molecular weight excluding hydrogens is 326 g/mol. The van der Waals surface area contributed by atoms with Crippen molar-refractivity contribution in [2.45, 2.75) is 38.0 Å². The number of likely N-dealkylation sites (tertiary alicyclic amines) is 1. The lowest BCUT2D eigenvalue weighted by Gasteiger charge is -2.27. The molecule has 4 nitrogen and oxygen atoms in total. The normalized spacial score (nSPS) is 18.8. The maximum Gasteiger partial charge on any atom is 0.118 e. The molecule has 0 amide bonds. The minimum Gasteiger partial charge on any atom is -0.497 e. The highest BCUT2D eigenvalue weighted by Crippen LogP contribution is 2.21. The van der Waals surface area contributed by atoms with Crippen molar-refractivity contribution in [1.29, 1.82) is 0 Å². The zero-order valence-electron chi connectivity index (χ0n) is 15.5. The molecule has 1 heterocycles. The molecule has 26 heavy (non-hydrogen) atoms. The minimum absolute atomic E-state index is 0.362. The lowest BCUT2D eigenvalue weighted by molar-refractivity contribution is 0.00788. The number of benzene rings is 2. The van der Waals surface area contributed by atoms with E-state index in [1.165, 1.54) is 18.4 Å². The summed E-state index contributed by atoms with van der Waals surface area (Å²) in [5.74, 6) is 0.840. The first-order valence-corrected chi connectivity index (χ1v) is 9.41. The van der Waals surface area contributed by atoms with Gasteiger partial charge in [0.15, 0.2) is 0 Å². The quantitative estimate of drug-likeness (QED) is 0.750. The van der Waals surface area contributed by atoms with Crippen LogP contribution in [0.2, 0.25) is 0 Å². The zero-order valence-corrected chi connectivity index (χ0v) is 15.5. The Balaban J connectivity index is 1.41. The fraction of sp³-hybridized carbons (Fsp3) is 0.455. The van der Waals surface area contributed by atoms with E-state index in [9.17, 15) is 5.11 Å². The van der Waals surface area contributed by atoms with Gasteiger partial charge < -0.3 is 14.6 Å². The minimum atomic E-state index is -0.454. The lowest BCUT2D eigenvalue weighted by Crippen LogP contribution is -2.39. The third-order valence-electron chi connectivity index (χ3n) is 5.00. The van der Waals surface area contributed by atoms with Crippen LogP contribution in [0.25, 0.3) is 0 Å². The number of nitrogens with zero attached hydrogens (tertiary/aromatic N) is 1. The lowest BCUT2D eigenvalue weighted by atomic mass is 10.0. The molecule has 2 aromatic carbocycles. The number of ether oxygens (including phenoxy) is 2. The summed E-state index contributed by atoms with van der Waals surface area (Å²) in [6, 6.07) is 19.0. The van der Waals surface area contributed by atoms with Gasteiger partial charge in [-0.25, -0.2) is 0 Å². The standard InChI is InChI=1S/C22H29NO3/c1-25-22-11-9-19(10-12-22)16-26-17-21(24)15-23-13-5-8-20(23)14-18-6-3-2-4-7-18/h2-4,6-7,9-12,20-21,24H,5,8,13-17H2,1H3/t20-,21+/m0/s1. The summed E-state index contributed by atoms with van der Waals surface area (Å²) in [4.78, 5) is 2.41. The van der Waals surface area contributed by atoms with Gasteiger partial charge >= 0.3 is 0 Å². The molecule has 3 rings (SSSR count). The fourth-order valence-electron chi connectivity index (χ4n) is 3.61. The maximum atomic E-state index is 10.4. The third-order valence-corrected chi connectivity index (χ3v) is 5.00. The molecule has 2 atom stereocenters. The van der Waals surface area contributed by atoms with Crippen LogP contribution >= 0.6 is 0 Å². The Kier molecular flexibility index (Phi) is 7.06. The van der Waals surface area contributed by atoms with Gasteiger partial charge in [0, 0.05) is 12.6 Å². The molecule has 1 aliphatic heterocycles. The van der Waals surface area contributed by atoms with Crippen molar-refractivity contribution in [3.8, 4) is 5.75 Å². The molecule has 1 aliphatic rings.